The maximum Gasteiger partial charge on any atom is 0.192 e. The molecular weight excluding hydrogens is 311 g/mol. The van der Waals surface area contributed by atoms with Crippen molar-refractivity contribution in [2.75, 3.05) is 5.33 Å². The first-order valence-corrected chi connectivity index (χ1v) is 10.2. The van der Waals surface area contributed by atoms with Gasteiger partial charge in [0, 0.05) is 10.9 Å². The molecule has 0 fully saturated rings. The van der Waals surface area contributed by atoms with Gasteiger partial charge >= 0.3 is 0 Å². The van der Waals surface area contributed by atoms with Crippen molar-refractivity contribution in [3.05, 3.63) is 35.6 Å². The Morgan fingerprint density at radius 1 is 1.28 bits per heavy atom. The lowest BCUT2D eigenvalue weighted by Crippen LogP contribution is -2.42. The molecule has 102 valence electrons. The predicted octanol–water partition coefficient (Wildman–Crippen LogP) is 5.28. The normalized spacial score (nSPS) is 14.6. The number of halogens is 2. The minimum Gasteiger partial charge on any atom is -0.409 e. The molecule has 1 nitrogen and oxygen atoms in total. The molecule has 0 N–H and O–H groups in total. The highest BCUT2D eigenvalue weighted by Gasteiger charge is 2.39. The van der Waals surface area contributed by atoms with Crippen molar-refractivity contribution in [1.82, 2.24) is 0 Å². The molecule has 18 heavy (non-hydrogen) atoms. The van der Waals surface area contributed by atoms with Gasteiger partial charge in [0.05, 0.1) is 6.10 Å². The van der Waals surface area contributed by atoms with Gasteiger partial charge in [-0.05, 0) is 24.2 Å². The maximum atomic E-state index is 13.8. The van der Waals surface area contributed by atoms with E-state index in [0.717, 1.165) is 0 Å². The summed E-state index contributed by atoms with van der Waals surface area (Å²) in [5, 5.41) is 0.735. The first-order chi connectivity index (χ1) is 8.19. The Balaban J connectivity index is 2.97. The van der Waals surface area contributed by atoms with Crippen LogP contribution < -0.4 is 0 Å². The summed E-state index contributed by atoms with van der Waals surface area (Å²) in [4.78, 5) is 0. The minimum atomic E-state index is -1.89. The van der Waals surface area contributed by atoms with E-state index in [1.54, 1.807) is 12.1 Å². The number of hydrogen-bond donors (Lipinski definition) is 0. The summed E-state index contributed by atoms with van der Waals surface area (Å²) in [7, 11) is -1.89. The highest BCUT2D eigenvalue weighted by atomic mass is 79.9. The lowest BCUT2D eigenvalue weighted by molar-refractivity contribution is 0.204. The van der Waals surface area contributed by atoms with Crippen LogP contribution in [0.5, 0.6) is 0 Å². The second-order valence-electron chi connectivity index (χ2n) is 6.04. The van der Waals surface area contributed by atoms with Crippen LogP contribution in [0.4, 0.5) is 4.39 Å². The largest absolute Gasteiger partial charge is 0.409 e. The Hall–Kier alpha value is -0.193. The fourth-order valence-electron chi connectivity index (χ4n) is 1.45. The van der Waals surface area contributed by atoms with Gasteiger partial charge in [0.25, 0.3) is 0 Å². The van der Waals surface area contributed by atoms with Gasteiger partial charge in [0.1, 0.15) is 5.82 Å². The molecule has 1 unspecified atom stereocenters. The zero-order valence-electron chi connectivity index (χ0n) is 11.8. The van der Waals surface area contributed by atoms with E-state index in [4.69, 9.17) is 4.43 Å². The number of hydrogen-bond acceptors (Lipinski definition) is 1. The summed E-state index contributed by atoms with van der Waals surface area (Å²) in [6, 6.07) is 6.84. The van der Waals surface area contributed by atoms with E-state index in [9.17, 15) is 4.39 Å². The maximum absolute atomic E-state index is 13.8. The van der Waals surface area contributed by atoms with Gasteiger partial charge in [-0.25, -0.2) is 4.39 Å². The van der Waals surface area contributed by atoms with Gasteiger partial charge in [0.15, 0.2) is 8.32 Å². The number of benzene rings is 1. The molecule has 0 saturated heterocycles. The molecule has 0 aliphatic carbocycles. The molecule has 0 aliphatic rings. The van der Waals surface area contributed by atoms with Crippen molar-refractivity contribution in [2.45, 2.75) is 45.0 Å². The van der Waals surface area contributed by atoms with Crippen LogP contribution in [-0.4, -0.2) is 13.6 Å². The van der Waals surface area contributed by atoms with Gasteiger partial charge in [-0.2, -0.15) is 0 Å². The second kappa shape index (κ2) is 5.84. The minimum absolute atomic E-state index is 0.124. The first-order valence-electron chi connectivity index (χ1n) is 6.17. The van der Waals surface area contributed by atoms with E-state index >= 15 is 0 Å². The van der Waals surface area contributed by atoms with Gasteiger partial charge in [0.2, 0.25) is 0 Å². The van der Waals surface area contributed by atoms with E-state index < -0.39 is 8.32 Å². The summed E-state index contributed by atoms with van der Waals surface area (Å²) in [6.07, 6.45) is -0.216. The van der Waals surface area contributed by atoms with Crippen molar-refractivity contribution in [3.8, 4) is 0 Å². The Morgan fingerprint density at radius 2 is 1.83 bits per heavy atom. The van der Waals surface area contributed by atoms with Gasteiger partial charge in [-0.1, -0.05) is 54.9 Å². The Morgan fingerprint density at radius 3 is 2.28 bits per heavy atom. The van der Waals surface area contributed by atoms with E-state index in [1.807, 2.05) is 6.07 Å². The molecule has 4 heteroatoms. The van der Waals surface area contributed by atoms with Crippen LogP contribution in [0, 0.1) is 5.82 Å². The van der Waals surface area contributed by atoms with Crippen molar-refractivity contribution in [2.24, 2.45) is 0 Å². The van der Waals surface area contributed by atoms with Crippen molar-refractivity contribution >= 4 is 24.2 Å². The molecule has 0 saturated carbocycles. The molecule has 1 aromatic rings. The SMILES string of the molecule is CC(C)(C)[Si](C)(C)OC(CBr)c1ccccc1F. The summed E-state index contributed by atoms with van der Waals surface area (Å²) < 4.78 is 20.1. The van der Waals surface area contributed by atoms with Crippen LogP contribution >= 0.6 is 15.9 Å². The Kier molecular flexibility index (Phi) is 5.15. The molecule has 0 heterocycles. The monoisotopic (exact) mass is 332 g/mol. The van der Waals surface area contributed by atoms with Crippen LogP contribution in [0.2, 0.25) is 18.1 Å². The smallest absolute Gasteiger partial charge is 0.192 e. The summed E-state index contributed by atoms with van der Waals surface area (Å²) in [5.74, 6) is -0.194. The molecule has 1 atom stereocenters. The second-order valence-corrected chi connectivity index (χ2v) is 11.4. The topological polar surface area (TPSA) is 9.23 Å². The Bertz CT molecular complexity index is 401. The third kappa shape index (κ3) is 3.65. The molecule has 0 aromatic heterocycles. The third-order valence-electron chi connectivity index (χ3n) is 3.64. The highest BCUT2D eigenvalue weighted by molar-refractivity contribution is 9.09. The molecule has 0 radical (unpaired) electrons. The lowest BCUT2D eigenvalue weighted by Gasteiger charge is -2.39. The average molecular weight is 333 g/mol. The molecule has 0 spiro atoms. The lowest BCUT2D eigenvalue weighted by atomic mass is 10.1. The van der Waals surface area contributed by atoms with Crippen molar-refractivity contribution in [1.29, 1.82) is 0 Å². The highest BCUT2D eigenvalue weighted by Crippen LogP contribution is 2.40. The predicted molar refractivity (Wildman–Crippen MR) is 81.2 cm³/mol. The number of rotatable bonds is 4. The molecule has 1 aromatic carbocycles. The van der Waals surface area contributed by atoms with E-state index in [1.165, 1.54) is 6.07 Å². The molecular formula is C14H22BrFOSi. The fraction of sp³-hybridized carbons (Fsp3) is 0.571. The standard InChI is InChI=1S/C14H22BrFOSi/c1-14(2,3)18(4,5)17-13(10-15)11-8-6-7-9-12(11)16/h6-9,13H,10H2,1-5H3. The van der Waals surface area contributed by atoms with Crippen LogP contribution in [0.1, 0.15) is 32.4 Å². The van der Waals surface area contributed by atoms with E-state index in [-0.39, 0.29) is 17.0 Å². The van der Waals surface area contributed by atoms with Crippen LogP contribution in [-0.2, 0) is 4.43 Å². The molecule has 0 aliphatic heterocycles. The summed E-state index contributed by atoms with van der Waals surface area (Å²) in [6.45, 7) is 10.9. The Labute approximate surface area is 119 Å². The first kappa shape index (κ1) is 15.9. The molecule has 0 bridgehead atoms. The zero-order valence-corrected chi connectivity index (χ0v) is 14.3. The summed E-state index contributed by atoms with van der Waals surface area (Å²) in [5.41, 5.74) is 0.638. The quantitative estimate of drug-likeness (QED) is 0.538. The van der Waals surface area contributed by atoms with Gasteiger partial charge in [-0.15, -0.1) is 0 Å². The fourth-order valence-corrected chi connectivity index (χ4v) is 3.45. The third-order valence-corrected chi connectivity index (χ3v) is 8.71. The van der Waals surface area contributed by atoms with E-state index in [2.05, 4.69) is 49.8 Å². The summed E-state index contributed by atoms with van der Waals surface area (Å²) >= 11 is 3.44. The molecule has 1 rings (SSSR count). The van der Waals surface area contributed by atoms with E-state index in [0.29, 0.717) is 10.9 Å². The average Bonchev–Trinajstić information content (AvgIpc) is 2.25. The van der Waals surface area contributed by atoms with Gasteiger partial charge in [-0.3, -0.25) is 0 Å². The zero-order chi connectivity index (χ0) is 14.0. The molecule has 0 amide bonds. The van der Waals surface area contributed by atoms with Crippen LogP contribution in [0.3, 0.4) is 0 Å². The van der Waals surface area contributed by atoms with Crippen molar-refractivity contribution < 1.29 is 8.82 Å². The van der Waals surface area contributed by atoms with Crippen LogP contribution in [0.25, 0.3) is 0 Å². The van der Waals surface area contributed by atoms with Crippen molar-refractivity contribution in [3.63, 3.8) is 0 Å². The van der Waals surface area contributed by atoms with Crippen LogP contribution in [0.15, 0.2) is 24.3 Å². The van der Waals surface area contributed by atoms with Gasteiger partial charge < -0.3 is 4.43 Å². The number of alkyl halides is 1.